The normalized spacial score (nSPS) is 36.8. The van der Waals surface area contributed by atoms with Gasteiger partial charge in [0.15, 0.2) is 0 Å². The summed E-state index contributed by atoms with van der Waals surface area (Å²) in [4.78, 5) is 0. The van der Waals surface area contributed by atoms with Crippen LogP contribution in [0.25, 0.3) is 26.6 Å². The molecule has 0 bridgehead atoms. The molecule has 3 aliphatic rings. The molecule has 27 heavy (non-hydrogen) atoms. The summed E-state index contributed by atoms with van der Waals surface area (Å²) in [5, 5.41) is 24.6. The molecule has 0 radical (unpaired) electrons. The minimum atomic E-state index is 0. The number of fused-ring (bicyclic) bond motifs is 2. The quantitative estimate of drug-likeness (QED) is 0.338. The first-order valence-corrected chi connectivity index (χ1v) is 13.7. The molecule has 5 nitrogen and oxygen atoms in total. The molecular weight excluding hydrogens is 424 g/mol. The number of hydrogen-bond acceptors (Lipinski definition) is 0. The molecule has 8 heteroatoms. The van der Waals surface area contributed by atoms with Crippen molar-refractivity contribution in [2.75, 3.05) is 32.7 Å². The zero-order chi connectivity index (χ0) is 19.3. The fraction of sp³-hybridized carbons (Fsp3) is 1.00. The zero-order valence-electron chi connectivity index (χ0n) is 16.4. The summed E-state index contributed by atoms with van der Waals surface area (Å²) in [5.74, 6) is 0. The summed E-state index contributed by atoms with van der Waals surface area (Å²) in [7, 11) is 9.59. The maximum atomic E-state index is 4.97. The van der Waals surface area contributed by atoms with Crippen LogP contribution in [0.2, 0.25) is 0 Å². The van der Waals surface area contributed by atoms with Gasteiger partial charge in [-0.1, -0.05) is 58.3 Å². The largest absolute Gasteiger partial charge is 0 e. The third kappa shape index (κ3) is 9.50. The van der Waals surface area contributed by atoms with Crippen molar-refractivity contribution in [3.8, 4) is 0 Å². The molecule has 5 atom stereocenters. The van der Waals surface area contributed by atoms with E-state index in [1.165, 1.54) is 51.4 Å². The van der Waals surface area contributed by atoms with Crippen LogP contribution in [0.3, 0.4) is 0 Å². The number of nitrogens with zero attached hydrogens (tertiary/aromatic N) is 5. The molecule has 2 saturated carbocycles. The standard InChI is InChI=1S/C19H34N5.2ClH.Mn.4H2/c1-15-14-24-19-9-5-4-8-18(19)23-13-12-22-17-7-3-2-6-16(17)21-11-10-20-15;;;;;;;/h15-19H,2-14H2,1H3;2*1H;;4*1H/q-5;;;+2;;;;/p-2/t15-,16?,17?,18-,19+;;;;;;;/m1......./s1. The second-order valence-corrected chi connectivity index (χ2v) is 9.68. The Balaban J connectivity index is -0.00000106. The van der Waals surface area contributed by atoms with Crippen molar-refractivity contribution in [1.29, 1.82) is 0 Å². The second-order valence-electron chi connectivity index (χ2n) is 7.73. The molecule has 2 aliphatic carbocycles. The predicted molar refractivity (Wildman–Crippen MR) is 123 cm³/mol. The van der Waals surface area contributed by atoms with Crippen molar-refractivity contribution in [2.24, 2.45) is 0 Å². The van der Waals surface area contributed by atoms with Crippen LogP contribution in [0.4, 0.5) is 0 Å². The summed E-state index contributed by atoms with van der Waals surface area (Å²) in [6, 6.07) is 2.04. The fourth-order valence-corrected chi connectivity index (χ4v) is 4.33. The average Bonchev–Trinajstić information content (AvgIpc) is 2.69. The fourth-order valence-electron chi connectivity index (χ4n) is 4.33. The summed E-state index contributed by atoms with van der Waals surface area (Å²) in [6.07, 6.45) is 10.1. The zero-order valence-corrected chi connectivity index (χ0v) is 19.1. The minimum absolute atomic E-state index is 0. The van der Waals surface area contributed by atoms with E-state index >= 15 is 0 Å². The molecule has 0 amide bonds. The van der Waals surface area contributed by atoms with Gasteiger partial charge in [-0.15, -0.1) is 0 Å². The van der Waals surface area contributed by atoms with Crippen molar-refractivity contribution < 1.29 is 18.8 Å². The Hall–Kier alpha value is 0.899. The predicted octanol–water partition coefficient (Wildman–Crippen LogP) is 7.24. The van der Waals surface area contributed by atoms with Gasteiger partial charge in [-0.05, 0) is 0 Å². The SMILES string of the molecule is C[C@@H]1C[N-][C@H]2CCCC[C@H]2[N-]CC[N-]C2CCCCC2[N-]CC[N-]1.[Cl][Mn][Cl].[HH].[HH].[HH].[HH]. The van der Waals surface area contributed by atoms with Crippen LogP contribution < -0.4 is 0 Å². The molecule has 3 rings (SSSR count). The molecule has 0 aromatic rings. The third-order valence-electron chi connectivity index (χ3n) is 5.72. The van der Waals surface area contributed by atoms with E-state index in [4.69, 9.17) is 46.8 Å². The molecule has 0 aromatic heterocycles. The van der Waals surface area contributed by atoms with Crippen molar-refractivity contribution in [3.63, 3.8) is 0 Å². The summed E-state index contributed by atoms with van der Waals surface area (Å²) in [5.41, 5.74) is 0. The van der Waals surface area contributed by atoms with Crippen LogP contribution in [0.15, 0.2) is 0 Å². The first-order valence-electron chi connectivity index (χ1n) is 10.4. The van der Waals surface area contributed by atoms with Crippen LogP contribution in [0.5, 0.6) is 0 Å². The van der Waals surface area contributed by atoms with Gasteiger partial charge in [0.25, 0.3) is 0 Å². The Bertz CT molecular complexity index is 397. The van der Waals surface area contributed by atoms with E-state index in [0.29, 0.717) is 30.2 Å². The molecule has 169 valence electrons. The first-order chi connectivity index (χ1) is 13.2. The van der Waals surface area contributed by atoms with Crippen LogP contribution >= 0.6 is 20.2 Å². The molecule has 3 fully saturated rings. The van der Waals surface area contributed by atoms with Gasteiger partial charge in [0.2, 0.25) is 0 Å². The van der Waals surface area contributed by atoms with E-state index in [9.17, 15) is 0 Å². The number of hydrogen-bond donors (Lipinski definition) is 0. The number of rotatable bonds is 0. The van der Waals surface area contributed by atoms with Crippen LogP contribution in [0.1, 0.15) is 64.0 Å². The van der Waals surface area contributed by atoms with Gasteiger partial charge >= 0.3 is 33.3 Å². The maximum Gasteiger partial charge on any atom is 0 e. The van der Waals surface area contributed by atoms with Gasteiger partial charge < -0.3 is 26.6 Å². The Labute approximate surface area is 186 Å². The van der Waals surface area contributed by atoms with E-state index < -0.39 is 0 Å². The van der Waals surface area contributed by atoms with Crippen LogP contribution in [-0.2, 0) is 13.1 Å². The monoisotopic (exact) mass is 465 g/mol. The Kier molecular flexibility index (Phi) is 13.3. The number of halogens is 2. The molecule has 0 spiro atoms. The molecule has 0 aromatic carbocycles. The summed E-state index contributed by atoms with van der Waals surface area (Å²) >= 11 is 0.00694. The van der Waals surface area contributed by atoms with E-state index in [1.54, 1.807) is 0 Å². The third-order valence-corrected chi connectivity index (χ3v) is 5.72. The molecule has 1 aliphatic heterocycles. The minimum Gasteiger partial charge on any atom is 0 e. The summed E-state index contributed by atoms with van der Waals surface area (Å²) < 4.78 is 0. The van der Waals surface area contributed by atoms with E-state index in [0.717, 1.165) is 32.7 Å². The molecule has 0 N–H and O–H groups in total. The van der Waals surface area contributed by atoms with Crippen molar-refractivity contribution in [2.45, 2.75) is 88.5 Å². The van der Waals surface area contributed by atoms with Gasteiger partial charge in [0.1, 0.15) is 0 Å². The van der Waals surface area contributed by atoms with Crippen molar-refractivity contribution in [3.05, 3.63) is 26.6 Å². The van der Waals surface area contributed by atoms with Gasteiger partial charge in [-0.25, -0.2) is 0 Å². The molecule has 2 unspecified atom stereocenters. The Morgan fingerprint density at radius 2 is 0.963 bits per heavy atom. The van der Waals surface area contributed by atoms with Gasteiger partial charge in [0.05, 0.1) is 0 Å². The van der Waals surface area contributed by atoms with Gasteiger partial charge in [0, 0.05) is 5.71 Å². The van der Waals surface area contributed by atoms with Crippen LogP contribution in [0, 0.1) is 0 Å². The van der Waals surface area contributed by atoms with E-state index in [1.807, 2.05) is 0 Å². The summed E-state index contributed by atoms with van der Waals surface area (Å²) in [6.45, 7) is 6.50. The maximum absolute atomic E-state index is 4.97. The van der Waals surface area contributed by atoms with Crippen molar-refractivity contribution >= 4 is 20.2 Å². The topological polar surface area (TPSA) is 70.5 Å². The molecule has 1 heterocycles. The molecule has 1 saturated heterocycles. The van der Waals surface area contributed by atoms with Crippen LogP contribution in [-0.4, -0.2) is 62.9 Å². The smallest absolute Gasteiger partial charge is 0 e. The second kappa shape index (κ2) is 14.8. The van der Waals surface area contributed by atoms with Crippen molar-refractivity contribution in [1.82, 2.24) is 0 Å². The van der Waals surface area contributed by atoms with Gasteiger partial charge in [-0.2, -0.15) is 62.9 Å². The molecular formula is C19H42Cl2MnN5-5. The van der Waals surface area contributed by atoms with E-state index in [2.05, 4.69) is 6.92 Å². The first kappa shape index (κ1) is 24.2. The Morgan fingerprint density at radius 1 is 0.630 bits per heavy atom. The average molecular weight is 466 g/mol. The van der Waals surface area contributed by atoms with Gasteiger partial charge in [-0.3, -0.25) is 0 Å². The Morgan fingerprint density at radius 3 is 1.37 bits per heavy atom. The van der Waals surface area contributed by atoms with E-state index in [-0.39, 0.29) is 18.8 Å².